The number of ether oxygens (including phenoxy) is 2. The molecular weight excluding hydrogens is 296 g/mol. The molecule has 0 aromatic heterocycles. The second-order valence-corrected chi connectivity index (χ2v) is 5.16. The summed E-state index contributed by atoms with van der Waals surface area (Å²) < 4.78 is 10.6. The smallest absolute Gasteiger partial charge is 0.338 e. The first-order chi connectivity index (χ1) is 11.0. The number of hydrogen-bond donors (Lipinski definition) is 1. The van der Waals surface area contributed by atoms with Gasteiger partial charge >= 0.3 is 12.0 Å². The minimum atomic E-state index is -0.534. The number of esters is 1. The molecule has 1 aromatic rings. The van der Waals surface area contributed by atoms with Gasteiger partial charge in [-0.1, -0.05) is 12.1 Å². The molecule has 1 unspecified atom stereocenters. The lowest BCUT2D eigenvalue weighted by molar-refractivity contribution is -0.139. The first-order valence-electron chi connectivity index (χ1n) is 7.64. The Balaban J connectivity index is 2.40. The Bertz CT molecular complexity index is 622. The molecule has 1 aliphatic heterocycles. The van der Waals surface area contributed by atoms with Crippen molar-refractivity contribution in [2.75, 3.05) is 20.3 Å². The van der Waals surface area contributed by atoms with Gasteiger partial charge in [-0.3, -0.25) is 0 Å². The van der Waals surface area contributed by atoms with Gasteiger partial charge in [-0.15, -0.1) is 0 Å². The Morgan fingerprint density at radius 3 is 2.43 bits per heavy atom. The zero-order chi connectivity index (χ0) is 17.0. The number of urea groups is 1. The quantitative estimate of drug-likeness (QED) is 0.847. The van der Waals surface area contributed by atoms with Crippen LogP contribution in [0.5, 0.6) is 5.75 Å². The summed E-state index contributed by atoms with van der Waals surface area (Å²) >= 11 is 0. The van der Waals surface area contributed by atoms with Gasteiger partial charge in [0.1, 0.15) is 5.75 Å². The molecule has 0 bridgehead atoms. The van der Waals surface area contributed by atoms with Crippen molar-refractivity contribution < 1.29 is 19.1 Å². The van der Waals surface area contributed by atoms with Gasteiger partial charge in [0.25, 0.3) is 0 Å². The molecule has 0 radical (unpaired) electrons. The standard InChI is InChI=1S/C17H22N2O4/c1-5-22-13-9-7-12(8-10-13)15-14(16(20)23-6-2)11(3)19(4)17(21)18-15/h7-10,15H,5-6H2,1-4H3,(H,18,21). The van der Waals surface area contributed by atoms with E-state index in [1.54, 1.807) is 20.9 Å². The predicted octanol–water partition coefficient (Wildman–Crippen LogP) is 2.62. The summed E-state index contributed by atoms with van der Waals surface area (Å²) in [4.78, 5) is 25.8. The van der Waals surface area contributed by atoms with Gasteiger partial charge < -0.3 is 19.7 Å². The van der Waals surface area contributed by atoms with E-state index in [0.29, 0.717) is 17.9 Å². The van der Waals surface area contributed by atoms with E-state index < -0.39 is 12.0 Å². The molecule has 1 atom stereocenters. The summed E-state index contributed by atoms with van der Waals surface area (Å²) in [5.74, 6) is 0.324. The predicted molar refractivity (Wildman–Crippen MR) is 86.0 cm³/mol. The van der Waals surface area contributed by atoms with Crippen LogP contribution in [0.2, 0.25) is 0 Å². The van der Waals surface area contributed by atoms with Crippen LogP contribution in [0.1, 0.15) is 32.4 Å². The minimum Gasteiger partial charge on any atom is -0.494 e. The molecule has 0 aliphatic carbocycles. The van der Waals surface area contributed by atoms with E-state index in [1.807, 2.05) is 31.2 Å². The normalized spacial score (nSPS) is 17.8. The molecule has 1 aliphatic rings. The molecule has 6 heteroatoms. The van der Waals surface area contributed by atoms with Crippen molar-refractivity contribution in [1.82, 2.24) is 10.2 Å². The van der Waals surface area contributed by atoms with Crippen molar-refractivity contribution in [2.24, 2.45) is 0 Å². The van der Waals surface area contributed by atoms with Crippen LogP contribution in [-0.4, -0.2) is 37.2 Å². The molecule has 0 fully saturated rings. The second-order valence-electron chi connectivity index (χ2n) is 5.16. The average molecular weight is 318 g/mol. The molecule has 6 nitrogen and oxygen atoms in total. The maximum absolute atomic E-state index is 12.3. The highest BCUT2D eigenvalue weighted by molar-refractivity contribution is 5.94. The monoisotopic (exact) mass is 318 g/mol. The molecule has 0 spiro atoms. The van der Waals surface area contributed by atoms with Gasteiger partial charge in [-0.05, 0) is 38.5 Å². The van der Waals surface area contributed by atoms with E-state index in [0.717, 1.165) is 11.3 Å². The zero-order valence-electron chi connectivity index (χ0n) is 13.9. The van der Waals surface area contributed by atoms with Gasteiger partial charge in [0.05, 0.1) is 24.8 Å². The van der Waals surface area contributed by atoms with Crippen molar-refractivity contribution in [3.05, 3.63) is 41.1 Å². The van der Waals surface area contributed by atoms with E-state index in [4.69, 9.17) is 9.47 Å². The largest absolute Gasteiger partial charge is 0.494 e. The van der Waals surface area contributed by atoms with Crippen LogP contribution < -0.4 is 10.1 Å². The fraction of sp³-hybridized carbons (Fsp3) is 0.412. The van der Waals surface area contributed by atoms with E-state index in [9.17, 15) is 9.59 Å². The highest BCUT2D eigenvalue weighted by Gasteiger charge is 2.34. The Morgan fingerprint density at radius 1 is 1.22 bits per heavy atom. The molecule has 1 N–H and O–H groups in total. The van der Waals surface area contributed by atoms with Gasteiger partial charge in [0.2, 0.25) is 0 Å². The van der Waals surface area contributed by atoms with Crippen molar-refractivity contribution in [2.45, 2.75) is 26.8 Å². The van der Waals surface area contributed by atoms with Crippen molar-refractivity contribution in [3.63, 3.8) is 0 Å². The highest BCUT2D eigenvalue weighted by atomic mass is 16.5. The number of allylic oxidation sites excluding steroid dienone is 1. The number of hydrogen-bond acceptors (Lipinski definition) is 4. The second kappa shape index (κ2) is 7.17. The molecule has 1 heterocycles. The number of rotatable bonds is 5. The average Bonchev–Trinajstić information content (AvgIpc) is 2.53. The molecule has 124 valence electrons. The van der Waals surface area contributed by atoms with Crippen LogP contribution in [0.4, 0.5) is 4.79 Å². The molecule has 0 saturated carbocycles. The Hall–Kier alpha value is -2.50. The summed E-state index contributed by atoms with van der Waals surface area (Å²) in [6.45, 7) is 6.27. The number of carbonyl (C=O) groups is 2. The maximum Gasteiger partial charge on any atom is 0.338 e. The molecule has 0 saturated heterocycles. The SMILES string of the molecule is CCOC(=O)C1=C(C)N(C)C(=O)NC1c1ccc(OCC)cc1. The molecule has 1 aromatic carbocycles. The lowest BCUT2D eigenvalue weighted by Crippen LogP contribution is -2.46. The van der Waals surface area contributed by atoms with Crippen LogP contribution in [0.15, 0.2) is 35.5 Å². The number of carbonyl (C=O) groups excluding carboxylic acids is 2. The number of amides is 2. The fourth-order valence-corrected chi connectivity index (χ4v) is 2.48. The van der Waals surface area contributed by atoms with Gasteiger partial charge in [0.15, 0.2) is 0 Å². The highest BCUT2D eigenvalue weighted by Crippen LogP contribution is 2.31. The number of nitrogens with one attached hydrogen (secondary N) is 1. The fourth-order valence-electron chi connectivity index (χ4n) is 2.48. The Labute approximate surface area is 136 Å². The van der Waals surface area contributed by atoms with Crippen LogP contribution in [-0.2, 0) is 9.53 Å². The Morgan fingerprint density at radius 2 is 1.87 bits per heavy atom. The van der Waals surface area contributed by atoms with Crippen LogP contribution in [0.25, 0.3) is 0 Å². The molecule has 23 heavy (non-hydrogen) atoms. The minimum absolute atomic E-state index is 0.255. The summed E-state index contributed by atoms with van der Waals surface area (Å²) in [7, 11) is 1.62. The van der Waals surface area contributed by atoms with Crippen molar-refractivity contribution >= 4 is 12.0 Å². The van der Waals surface area contributed by atoms with Crippen LogP contribution in [0.3, 0.4) is 0 Å². The first-order valence-corrected chi connectivity index (χ1v) is 7.64. The van der Waals surface area contributed by atoms with Crippen molar-refractivity contribution in [1.29, 1.82) is 0 Å². The van der Waals surface area contributed by atoms with Crippen LogP contribution >= 0.6 is 0 Å². The van der Waals surface area contributed by atoms with Gasteiger partial charge in [-0.25, -0.2) is 9.59 Å². The van der Waals surface area contributed by atoms with E-state index in [-0.39, 0.29) is 12.6 Å². The van der Waals surface area contributed by atoms with E-state index >= 15 is 0 Å². The van der Waals surface area contributed by atoms with Crippen LogP contribution in [0, 0.1) is 0 Å². The first kappa shape index (κ1) is 16.9. The van der Waals surface area contributed by atoms with E-state index in [1.165, 1.54) is 4.90 Å². The molecular formula is C17H22N2O4. The third-order valence-electron chi connectivity index (χ3n) is 3.77. The van der Waals surface area contributed by atoms with Gasteiger partial charge in [-0.2, -0.15) is 0 Å². The maximum atomic E-state index is 12.3. The summed E-state index contributed by atoms with van der Waals surface area (Å²) in [6, 6.07) is 6.53. The lowest BCUT2D eigenvalue weighted by Gasteiger charge is -2.33. The third-order valence-corrected chi connectivity index (χ3v) is 3.77. The summed E-state index contributed by atoms with van der Waals surface area (Å²) in [5, 5.41) is 2.84. The molecule has 2 amide bonds. The summed E-state index contributed by atoms with van der Waals surface area (Å²) in [5.41, 5.74) is 1.83. The zero-order valence-corrected chi connectivity index (χ0v) is 13.9. The third kappa shape index (κ3) is 3.47. The Kier molecular flexibility index (Phi) is 5.26. The van der Waals surface area contributed by atoms with Crippen molar-refractivity contribution in [3.8, 4) is 5.75 Å². The summed E-state index contributed by atoms with van der Waals surface area (Å²) in [6.07, 6.45) is 0. The number of nitrogens with zero attached hydrogens (tertiary/aromatic N) is 1. The number of benzene rings is 1. The van der Waals surface area contributed by atoms with Gasteiger partial charge in [0, 0.05) is 12.7 Å². The lowest BCUT2D eigenvalue weighted by atomic mass is 9.95. The van der Waals surface area contributed by atoms with E-state index in [2.05, 4.69) is 5.32 Å². The molecule has 2 rings (SSSR count). The topological polar surface area (TPSA) is 67.9 Å².